The summed E-state index contributed by atoms with van der Waals surface area (Å²) < 4.78 is 10.6. The van der Waals surface area contributed by atoms with E-state index in [9.17, 15) is 4.79 Å². The molecule has 1 rings (SSSR count). The topological polar surface area (TPSA) is 62.6 Å². The van der Waals surface area contributed by atoms with Crippen LogP contribution in [0.4, 0.5) is 5.69 Å². The zero-order valence-corrected chi connectivity index (χ0v) is 11.2. The monoisotopic (exact) mass is 248 g/mol. The van der Waals surface area contributed by atoms with Crippen LogP contribution in [0.3, 0.4) is 0 Å². The highest BCUT2D eigenvalue weighted by atomic mass is 16.5. The number of ether oxygens (including phenoxy) is 2. The molecule has 18 heavy (non-hydrogen) atoms. The molecule has 0 N–H and O–H groups in total. The fourth-order valence-corrected chi connectivity index (χ4v) is 1.75. The predicted octanol–water partition coefficient (Wildman–Crippen LogP) is 1.81. The summed E-state index contributed by atoms with van der Waals surface area (Å²) in [6.07, 6.45) is 0. The number of benzene rings is 1. The van der Waals surface area contributed by atoms with Gasteiger partial charge in [0.2, 0.25) is 0 Å². The summed E-state index contributed by atoms with van der Waals surface area (Å²) in [5.74, 6) is 0.568. The fraction of sp³-hybridized carbons (Fsp3) is 0.385. The lowest BCUT2D eigenvalue weighted by atomic mass is 10.1. The quantitative estimate of drug-likeness (QED) is 0.765. The van der Waals surface area contributed by atoms with Crippen molar-refractivity contribution in [2.24, 2.45) is 0 Å². The average molecular weight is 248 g/mol. The number of rotatable bonds is 3. The Morgan fingerprint density at radius 2 is 1.89 bits per heavy atom. The number of methoxy groups -OCH3 is 2. The Morgan fingerprint density at radius 1 is 1.28 bits per heavy atom. The molecule has 0 aromatic heterocycles. The van der Waals surface area contributed by atoms with Crippen molar-refractivity contribution >= 4 is 11.6 Å². The van der Waals surface area contributed by atoms with Gasteiger partial charge in [0.05, 0.1) is 19.9 Å². The molecule has 0 spiro atoms. The van der Waals surface area contributed by atoms with Crippen LogP contribution in [0.25, 0.3) is 0 Å². The lowest BCUT2D eigenvalue weighted by Gasteiger charge is -2.21. The molecule has 5 nitrogen and oxygen atoms in total. The molecule has 0 saturated carbocycles. The first-order chi connectivity index (χ1) is 8.47. The average Bonchev–Trinajstić information content (AvgIpc) is 2.39. The molecular formula is C13H16N2O3. The van der Waals surface area contributed by atoms with Gasteiger partial charge in [0.1, 0.15) is 11.5 Å². The van der Waals surface area contributed by atoms with E-state index in [0.717, 1.165) is 11.1 Å². The van der Waals surface area contributed by atoms with E-state index in [1.165, 1.54) is 19.1 Å². The number of hydrogen-bond acceptors (Lipinski definition) is 4. The van der Waals surface area contributed by atoms with Gasteiger partial charge < -0.3 is 9.47 Å². The van der Waals surface area contributed by atoms with Crippen LogP contribution in [-0.4, -0.2) is 27.2 Å². The number of hydrogen-bond donors (Lipinski definition) is 0. The zero-order valence-electron chi connectivity index (χ0n) is 11.2. The SMILES string of the molecule is COc1cc(N(C)C(=O)C#N)c(OC)c(C)c1C. The molecule has 5 heteroatoms. The summed E-state index contributed by atoms with van der Waals surface area (Å²) in [5, 5.41) is 8.67. The molecule has 0 unspecified atom stereocenters. The van der Waals surface area contributed by atoms with Gasteiger partial charge in [-0.15, -0.1) is 0 Å². The summed E-state index contributed by atoms with van der Waals surface area (Å²) in [7, 11) is 4.62. The van der Waals surface area contributed by atoms with E-state index in [1.54, 1.807) is 19.2 Å². The molecular weight excluding hydrogens is 232 g/mol. The molecule has 0 radical (unpaired) electrons. The van der Waals surface area contributed by atoms with Crippen molar-refractivity contribution in [1.82, 2.24) is 0 Å². The molecule has 0 bridgehead atoms. The van der Waals surface area contributed by atoms with Gasteiger partial charge in [0, 0.05) is 13.1 Å². The Kier molecular flexibility index (Phi) is 4.16. The second-order valence-electron chi connectivity index (χ2n) is 3.86. The second-order valence-corrected chi connectivity index (χ2v) is 3.86. The molecule has 1 amide bonds. The molecule has 0 fully saturated rings. The largest absolute Gasteiger partial charge is 0.496 e. The molecule has 96 valence electrons. The maximum absolute atomic E-state index is 11.4. The molecule has 0 saturated heterocycles. The van der Waals surface area contributed by atoms with Crippen LogP contribution >= 0.6 is 0 Å². The van der Waals surface area contributed by atoms with Crippen LogP contribution in [-0.2, 0) is 4.79 Å². The molecule has 1 aromatic rings. The lowest BCUT2D eigenvalue weighted by molar-refractivity contribution is -0.113. The van der Waals surface area contributed by atoms with Crippen molar-refractivity contribution in [3.05, 3.63) is 17.2 Å². The van der Waals surface area contributed by atoms with E-state index in [4.69, 9.17) is 14.7 Å². The van der Waals surface area contributed by atoms with E-state index in [0.29, 0.717) is 17.2 Å². The Bertz CT molecular complexity index is 518. The van der Waals surface area contributed by atoms with Crippen LogP contribution in [0, 0.1) is 25.2 Å². The summed E-state index contributed by atoms with van der Waals surface area (Å²) >= 11 is 0. The van der Waals surface area contributed by atoms with Gasteiger partial charge in [0.25, 0.3) is 0 Å². The first kappa shape index (κ1) is 13.8. The van der Waals surface area contributed by atoms with E-state index in [2.05, 4.69) is 0 Å². The minimum atomic E-state index is -0.654. The lowest BCUT2D eigenvalue weighted by Crippen LogP contribution is -2.25. The smallest absolute Gasteiger partial charge is 0.329 e. The summed E-state index contributed by atoms with van der Waals surface area (Å²) in [5.41, 5.74) is 2.34. The number of carbonyl (C=O) groups excluding carboxylic acids is 1. The maximum atomic E-state index is 11.4. The van der Waals surface area contributed by atoms with Gasteiger partial charge in [-0.05, 0) is 25.0 Å². The van der Waals surface area contributed by atoms with Crippen molar-refractivity contribution < 1.29 is 14.3 Å². The van der Waals surface area contributed by atoms with E-state index >= 15 is 0 Å². The number of carbonyl (C=O) groups is 1. The first-order valence-electron chi connectivity index (χ1n) is 5.37. The van der Waals surface area contributed by atoms with Gasteiger partial charge in [-0.2, -0.15) is 5.26 Å². The Hall–Kier alpha value is -2.22. The Balaban J connectivity index is 3.48. The summed E-state index contributed by atoms with van der Waals surface area (Å²) in [6.45, 7) is 3.79. The third-order valence-corrected chi connectivity index (χ3v) is 2.96. The molecule has 0 atom stereocenters. The number of anilines is 1. The minimum absolute atomic E-state index is 0.518. The Morgan fingerprint density at radius 3 is 2.33 bits per heavy atom. The van der Waals surface area contributed by atoms with E-state index < -0.39 is 5.91 Å². The maximum Gasteiger partial charge on any atom is 0.329 e. The van der Waals surface area contributed by atoms with Crippen molar-refractivity contribution in [2.45, 2.75) is 13.8 Å². The molecule has 0 aliphatic heterocycles. The zero-order chi connectivity index (χ0) is 13.9. The highest BCUT2D eigenvalue weighted by Crippen LogP contribution is 2.38. The highest BCUT2D eigenvalue weighted by molar-refractivity contribution is 6.05. The third kappa shape index (κ3) is 2.23. The Labute approximate surface area is 107 Å². The van der Waals surface area contributed by atoms with Crippen molar-refractivity contribution in [1.29, 1.82) is 5.26 Å². The van der Waals surface area contributed by atoms with Gasteiger partial charge in [-0.25, -0.2) is 0 Å². The summed E-state index contributed by atoms with van der Waals surface area (Å²) in [4.78, 5) is 12.7. The molecule has 1 aromatic carbocycles. The molecule has 0 aliphatic carbocycles. The van der Waals surface area contributed by atoms with E-state index in [1.807, 2.05) is 13.8 Å². The number of amides is 1. The summed E-state index contributed by atoms with van der Waals surface area (Å²) in [6, 6.07) is 3.27. The normalized spacial score (nSPS) is 9.56. The standard InChI is InChI=1S/C13H16N2O3/c1-8-9(2)13(18-5)10(6-11(8)17-4)15(3)12(16)7-14/h6H,1-5H3. The predicted molar refractivity (Wildman–Crippen MR) is 68.0 cm³/mol. The molecule has 0 heterocycles. The van der Waals surface area contributed by atoms with Crippen LogP contribution in [0.2, 0.25) is 0 Å². The number of nitrogens with zero attached hydrogens (tertiary/aromatic N) is 2. The van der Waals surface area contributed by atoms with Crippen molar-refractivity contribution in [3.8, 4) is 17.6 Å². The third-order valence-electron chi connectivity index (χ3n) is 2.96. The van der Waals surface area contributed by atoms with Crippen molar-refractivity contribution in [3.63, 3.8) is 0 Å². The first-order valence-corrected chi connectivity index (χ1v) is 5.37. The second kappa shape index (κ2) is 5.41. The van der Waals surface area contributed by atoms with Crippen LogP contribution < -0.4 is 14.4 Å². The van der Waals surface area contributed by atoms with Gasteiger partial charge in [0.15, 0.2) is 6.07 Å². The van der Waals surface area contributed by atoms with Gasteiger partial charge >= 0.3 is 5.91 Å². The van der Waals surface area contributed by atoms with Crippen LogP contribution in [0.5, 0.6) is 11.5 Å². The number of nitriles is 1. The molecule has 0 aliphatic rings. The van der Waals surface area contributed by atoms with Crippen LogP contribution in [0.15, 0.2) is 6.07 Å². The van der Waals surface area contributed by atoms with Gasteiger partial charge in [-0.3, -0.25) is 9.69 Å². The van der Waals surface area contributed by atoms with E-state index in [-0.39, 0.29) is 0 Å². The van der Waals surface area contributed by atoms with Gasteiger partial charge in [-0.1, -0.05) is 0 Å². The minimum Gasteiger partial charge on any atom is -0.496 e. The van der Waals surface area contributed by atoms with Crippen LogP contribution in [0.1, 0.15) is 11.1 Å². The highest BCUT2D eigenvalue weighted by Gasteiger charge is 2.20. The van der Waals surface area contributed by atoms with Crippen molar-refractivity contribution in [2.75, 3.05) is 26.2 Å². The fourth-order valence-electron chi connectivity index (χ4n) is 1.75.